The molecular formula is C5H11O4. The van der Waals surface area contributed by atoms with Gasteiger partial charge in [-0.05, 0) is 0 Å². The zero-order valence-electron chi connectivity index (χ0n) is 5.84. The summed E-state index contributed by atoms with van der Waals surface area (Å²) in [7, 11) is 7.26. The van der Waals surface area contributed by atoms with E-state index in [1.165, 1.54) is 21.3 Å². The third-order valence-corrected chi connectivity index (χ3v) is 0.927. The van der Waals surface area contributed by atoms with Crippen LogP contribution in [0.15, 0.2) is 0 Å². The molecule has 0 aliphatic rings. The second-order valence-electron chi connectivity index (χ2n) is 1.26. The molecule has 9 heavy (non-hydrogen) atoms. The van der Waals surface area contributed by atoms with E-state index in [9.17, 15) is 0 Å². The van der Waals surface area contributed by atoms with Gasteiger partial charge >= 0.3 is 6.16 Å². The molecule has 0 bridgehead atoms. The average Bonchev–Trinajstić information content (AvgIpc) is 1.95. The van der Waals surface area contributed by atoms with Crippen molar-refractivity contribution < 1.29 is 18.9 Å². The van der Waals surface area contributed by atoms with Crippen molar-refractivity contribution in [3.05, 3.63) is 7.11 Å². The third-order valence-electron chi connectivity index (χ3n) is 0.927. The molecule has 0 amide bonds. The summed E-state index contributed by atoms with van der Waals surface area (Å²) in [6, 6.07) is 0. The lowest BCUT2D eigenvalue weighted by molar-refractivity contribution is -0.465. The Balaban J connectivity index is 3.82. The minimum atomic E-state index is -1.44. The molecule has 0 aromatic rings. The summed E-state index contributed by atoms with van der Waals surface area (Å²) in [5.74, 6) is 0. The van der Waals surface area contributed by atoms with Crippen molar-refractivity contribution in [3.8, 4) is 0 Å². The Morgan fingerprint density at radius 2 is 1.33 bits per heavy atom. The Bertz CT molecular complexity index is 51.8. The summed E-state index contributed by atoms with van der Waals surface area (Å²) < 4.78 is 18.4. The van der Waals surface area contributed by atoms with E-state index >= 15 is 0 Å². The van der Waals surface area contributed by atoms with E-state index in [-0.39, 0.29) is 0 Å². The molecule has 0 aromatic heterocycles. The predicted octanol–water partition coefficient (Wildman–Crippen LogP) is 0.345. The smallest absolute Gasteiger partial charge is 0.307 e. The van der Waals surface area contributed by atoms with Crippen LogP contribution in [0, 0.1) is 7.11 Å². The van der Waals surface area contributed by atoms with Crippen molar-refractivity contribution in [2.45, 2.75) is 6.16 Å². The van der Waals surface area contributed by atoms with Crippen LogP contribution in [0.3, 0.4) is 0 Å². The summed E-state index contributed by atoms with van der Waals surface area (Å²) in [5, 5.41) is 0. The number of ether oxygens (including phenoxy) is 4. The highest BCUT2D eigenvalue weighted by Gasteiger charge is 2.29. The molecule has 0 unspecified atom stereocenters. The Kier molecular flexibility index (Phi) is 3.72. The quantitative estimate of drug-likeness (QED) is 0.521. The summed E-state index contributed by atoms with van der Waals surface area (Å²) in [5.41, 5.74) is 0. The molecule has 0 heterocycles. The number of rotatable bonds is 4. The van der Waals surface area contributed by atoms with Crippen LogP contribution in [-0.4, -0.2) is 27.5 Å². The van der Waals surface area contributed by atoms with Gasteiger partial charge in [-0.15, -0.1) is 0 Å². The van der Waals surface area contributed by atoms with Crippen LogP contribution in [-0.2, 0) is 18.9 Å². The van der Waals surface area contributed by atoms with Crippen LogP contribution in [0.2, 0.25) is 0 Å². The van der Waals surface area contributed by atoms with Crippen LogP contribution in [0.4, 0.5) is 0 Å². The Morgan fingerprint density at radius 1 is 1.00 bits per heavy atom. The largest absolute Gasteiger partial charge is 0.411 e. The average molecular weight is 135 g/mol. The lowest BCUT2D eigenvalue weighted by atomic mass is 11.0. The SMILES string of the molecule is [CH2]OC(OC)(OC)OC. The highest BCUT2D eigenvalue weighted by molar-refractivity contribution is 4.32. The third kappa shape index (κ3) is 1.91. The predicted molar refractivity (Wildman–Crippen MR) is 30.2 cm³/mol. The topological polar surface area (TPSA) is 36.9 Å². The van der Waals surface area contributed by atoms with Crippen LogP contribution >= 0.6 is 0 Å². The highest BCUT2D eigenvalue weighted by Crippen LogP contribution is 2.11. The Hall–Kier alpha value is -0.160. The van der Waals surface area contributed by atoms with E-state index in [4.69, 9.17) is 0 Å². The van der Waals surface area contributed by atoms with Gasteiger partial charge in [0.1, 0.15) is 0 Å². The fourth-order valence-corrected chi connectivity index (χ4v) is 0.427. The first-order valence-electron chi connectivity index (χ1n) is 2.33. The molecule has 4 nitrogen and oxygen atoms in total. The lowest BCUT2D eigenvalue weighted by Gasteiger charge is -2.24. The minimum absolute atomic E-state index is 1.39. The van der Waals surface area contributed by atoms with Crippen molar-refractivity contribution in [2.75, 3.05) is 21.3 Å². The monoisotopic (exact) mass is 135 g/mol. The Morgan fingerprint density at radius 3 is 1.33 bits per heavy atom. The van der Waals surface area contributed by atoms with Crippen molar-refractivity contribution in [1.82, 2.24) is 0 Å². The highest BCUT2D eigenvalue weighted by atomic mass is 17.0. The van der Waals surface area contributed by atoms with Crippen molar-refractivity contribution in [2.24, 2.45) is 0 Å². The first-order valence-corrected chi connectivity index (χ1v) is 2.33. The van der Waals surface area contributed by atoms with Crippen LogP contribution in [0.1, 0.15) is 0 Å². The molecule has 0 saturated heterocycles. The lowest BCUT2D eigenvalue weighted by Crippen LogP contribution is -2.37. The van der Waals surface area contributed by atoms with E-state index in [1.807, 2.05) is 0 Å². The zero-order valence-corrected chi connectivity index (χ0v) is 5.84. The minimum Gasteiger partial charge on any atom is -0.307 e. The van der Waals surface area contributed by atoms with E-state index in [1.54, 1.807) is 0 Å². The molecule has 0 spiro atoms. The molecule has 0 atom stereocenters. The van der Waals surface area contributed by atoms with Gasteiger partial charge in [0, 0.05) is 21.3 Å². The first-order chi connectivity index (χ1) is 4.24. The summed E-state index contributed by atoms with van der Waals surface area (Å²) >= 11 is 0. The maximum absolute atomic E-state index is 4.66. The summed E-state index contributed by atoms with van der Waals surface area (Å²) in [6.07, 6.45) is -1.44. The Labute approximate surface area is 54.7 Å². The van der Waals surface area contributed by atoms with Crippen LogP contribution in [0.5, 0.6) is 0 Å². The van der Waals surface area contributed by atoms with Gasteiger partial charge in [0.25, 0.3) is 0 Å². The van der Waals surface area contributed by atoms with Crippen LogP contribution in [0.25, 0.3) is 0 Å². The van der Waals surface area contributed by atoms with Gasteiger partial charge in [0.05, 0.1) is 7.11 Å². The van der Waals surface area contributed by atoms with Gasteiger partial charge in [0.2, 0.25) is 0 Å². The molecule has 4 heteroatoms. The van der Waals surface area contributed by atoms with Crippen molar-refractivity contribution in [3.63, 3.8) is 0 Å². The van der Waals surface area contributed by atoms with Gasteiger partial charge in [0.15, 0.2) is 0 Å². The molecule has 0 aliphatic carbocycles. The molecular weight excluding hydrogens is 124 g/mol. The van der Waals surface area contributed by atoms with Gasteiger partial charge in [-0.25, -0.2) is 0 Å². The van der Waals surface area contributed by atoms with E-state index in [0.29, 0.717) is 0 Å². The number of hydrogen-bond donors (Lipinski definition) is 0. The maximum Gasteiger partial charge on any atom is 0.411 e. The van der Waals surface area contributed by atoms with E-state index in [2.05, 4.69) is 26.1 Å². The molecule has 0 saturated carbocycles. The molecule has 0 aliphatic heterocycles. The molecule has 0 N–H and O–H groups in total. The van der Waals surface area contributed by atoms with Crippen LogP contribution < -0.4 is 0 Å². The molecule has 0 aromatic carbocycles. The standard InChI is InChI=1S/C5H11O4/c1-6-5(7-2,8-3)9-4/h1H2,2-4H3. The van der Waals surface area contributed by atoms with Gasteiger partial charge < -0.3 is 18.9 Å². The fourth-order valence-electron chi connectivity index (χ4n) is 0.427. The summed E-state index contributed by atoms with van der Waals surface area (Å²) in [4.78, 5) is 0. The summed E-state index contributed by atoms with van der Waals surface area (Å²) in [6.45, 7) is 0. The maximum atomic E-state index is 4.66. The number of hydrogen-bond acceptors (Lipinski definition) is 4. The normalized spacial score (nSPS) is 12.0. The zero-order chi connectivity index (χ0) is 7.33. The molecule has 1 radical (unpaired) electrons. The van der Waals surface area contributed by atoms with Crippen molar-refractivity contribution >= 4 is 0 Å². The second kappa shape index (κ2) is 3.79. The van der Waals surface area contributed by atoms with Crippen molar-refractivity contribution in [1.29, 1.82) is 0 Å². The van der Waals surface area contributed by atoms with Gasteiger partial charge in [-0.1, -0.05) is 0 Å². The fraction of sp³-hybridized carbons (Fsp3) is 0.800. The second-order valence-corrected chi connectivity index (χ2v) is 1.26. The van der Waals surface area contributed by atoms with E-state index < -0.39 is 6.16 Å². The van der Waals surface area contributed by atoms with E-state index in [0.717, 1.165) is 0 Å². The number of methoxy groups -OCH3 is 3. The van der Waals surface area contributed by atoms with Gasteiger partial charge in [-0.3, -0.25) is 0 Å². The van der Waals surface area contributed by atoms with Gasteiger partial charge in [-0.2, -0.15) is 0 Å². The first kappa shape index (κ1) is 8.84. The molecule has 0 rings (SSSR count). The molecule has 55 valence electrons. The molecule has 0 fully saturated rings.